The molecule has 2 N–H and O–H groups in total. The molecule has 1 aromatic rings. The van der Waals surface area contributed by atoms with E-state index in [4.69, 9.17) is 9.47 Å². The minimum atomic E-state index is -0.458. The SMILES string of the molecule is COc1cc(NC(=O)CC2CNCCO2)ccc1F. The number of hydrogen-bond donors (Lipinski definition) is 2. The van der Waals surface area contributed by atoms with Crippen LogP contribution in [0.3, 0.4) is 0 Å². The number of hydrogen-bond acceptors (Lipinski definition) is 4. The number of carbonyl (C=O) groups is 1. The van der Waals surface area contributed by atoms with Crippen LogP contribution in [-0.2, 0) is 9.53 Å². The van der Waals surface area contributed by atoms with Gasteiger partial charge in [-0.1, -0.05) is 0 Å². The fourth-order valence-corrected chi connectivity index (χ4v) is 1.91. The maximum atomic E-state index is 13.2. The van der Waals surface area contributed by atoms with Gasteiger partial charge in [0, 0.05) is 24.8 Å². The second-order valence-electron chi connectivity index (χ2n) is 4.30. The maximum Gasteiger partial charge on any atom is 0.227 e. The molecule has 1 aromatic carbocycles. The van der Waals surface area contributed by atoms with Crippen LogP contribution in [0, 0.1) is 5.82 Å². The van der Waals surface area contributed by atoms with Crippen LogP contribution in [0.15, 0.2) is 18.2 Å². The highest BCUT2D eigenvalue weighted by molar-refractivity contribution is 5.91. The summed E-state index contributed by atoms with van der Waals surface area (Å²) in [5.41, 5.74) is 0.506. The predicted molar refractivity (Wildman–Crippen MR) is 68.8 cm³/mol. The van der Waals surface area contributed by atoms with Gasteiger partial charge in [-0.05, 0) is 12.1 Å². The third kappa shape index (κ3) is 3.90. The van der Waals surface area contributed by atoms with Gasteiger partial charge in [-0.3, -0.25) is 4.79 Å². The molecule has 1 aliphatic heterocycles. The molecule has 19 heavy (non-hydrogen) atoms. The van der Waals surface area contributed by atoms with Crippen LogP contribution in [-0.4, -0.2) is 38.8 Å². The molecule has 104 valence electrons. The van der Waals surface area contributed by atoms with Gasteiger partial charge in [-0.15, -0.1) is 0 Å². The first-order chi connectivity index (χ1) is 9.19. The van der Waals surface area contributed by atoms with Crippen molar-refractivity contribution in [2.24, 2.45) is 0 Å². The number of ether oxygens (including phenoxy) is 2. The van der Waals surface area contributed by atoms with Crippen molar-refractivity contribution in [1.29, 1.82) is 0 Å². The number of halogens is 1. The van der Waals surface area contributed by atoms with E-state index >= 15 is 0 Å². The van der Waals surface area contributed by atoms with Gasteiger partial charge in [0.15, 0.2) is 11.6 Å². The smallest absolute Gasteiger partial charge is 0.227 e. The molecule has 0 radical (unpaired) electrons. The van der Waals surface area contributed by atoms with Gasteiger partial charge >= 0.3 is 0 Å². The van der Waals surface area contributed by atoms with Gasteiger partial charge in [0.2, 0.25) is 5.91 Å². The molecule has 0 bridgehead atoms. The van der Waals surface area contributed by atoms with Gasteiger partial charge < -0.3 is 20.1 Å². The molecule has 0 spiro atoms. The third-order valence-electron chi connectivity index (χ3n) is 2.85. The van der Waals surface area contributed by atoms with Crippen LogP contribution >= 0.6 is 0 Å². The second kappa shape index (κ2) is 6.49. The fraction of sp³-hybridized carbons (Fsp3) is 0.462. The number of nitrogens with one attached hydrogen (secondary N) is 2. The Hall–Kier alpha value is -1.66. The van der Waals surface area contributed by atoms with Crippen molar-refractivity contribution >= 4 is 11.6 Å². The van der Waals surface area contributed by atoms with Crippen molar-refractivity contribution in [2.75, 3.05) is 32.1 Å². The van der Waals surface area contributed by atoms with Gasteiger partial charge in [-0.25, -0.2) is 4.39 Å². The summed E-state index contributed by atoms with van der Waals surface area (Å²) in [6, 6.07) is 4.20. The monoisotopic (exact) mass is 268 g/mol. The molecule has 1 aliphatic rings. The van der Waals surface area contributed by atoms with Gasteiger partial charge in [0.25, 0.3) is 0 Å². The van der Waals surface area contributed by atoms with Crippen molar-refractivity contribution in [1.82, 2.24) is 5.32 Å². The van der Waals surface area contributed by atoms with E-state index in [9.17, 15) is 9.18 Å². The molecule has 0 aliphatic carbocycles. The van der Waals surface area contributed by atoms with Crippen LogP contribution in [0.2, 0.25) is 0 Å². The van der Waals surface area contributed by atoms with Crippen molar-refractivity contribution < 1.29 is 18.7 Å². The number of morpholine rings is 1. The molecule has 1 fully saturated rings. The Labute approximate surface area is 111 Å². The highest BCUT2D eigenvalue weighted by Crippen LogP contribution is 2.21. The molecular formula is C13H17FN2O3. The lowest BCUT2D eigenvalue weighted by Gasteiger charge is -2.23. The summed E-state index contributed by atoms with van der Waals surface area (Å²) in [5.74, 6) is -0.518. The number of methoxy groups -OCH3 is 1. The zero-order chi connectivity index (χ0) is 13.7. The van der Waals surface area contributed by atoms with Gasteiger partial charge in [-0.2, -0.15) is 0 Å². The summed E-state index contributed by atoms with van der Waals surface area (Å²) in [5, 5.41) is 5.85. The van der Waals surface area contributed by atoms with E-state index in [1.807, 2.05) is 0 Å². The molecule has 6 heteroatoms. The lowest BCUT2D eigenvalue weighted by Crippen LogP contribution is -2.40. The largest absolute Gasteiger partial charge is 0.494 e. The Balaban J connectivity index is 1.90. The molecule has 1 heterocycles. The molecule has 1 unspecified atom stereocenters. The Morgan fingerprint density at radius 2 is 2.47 bits per heavy atom. The number of amides is 1. The van der Waals surface area contributed by atoms with E-state index in [1.165, 1.54) is 25.3 Å². The molecule has 5 nitrogen and oxygen atoms in total. The van der Waals surface area contributed by atoms with Crippen molar-refractivity contribution in [3.8, 4) is 5.75 Å². The minimum Gasteiger partial charge on any atom is -0.494 e. The van der Waals surface area contributed by atoms with E-state index in [0.29, 0.717) is 18.8 Å². The first kappa shape index (κ1) is 13.8. The van der Waals surface area contributed by atoms with Gasteiger partial charge in [0.1, 0.15) is 0 Å². The molecule has 1 amide bonds. The number of benzene rings is 1. The number of carbonyl (C=O) groups excluding carboxylic acids is 1. The van der Waals surface area contributed by atoms with E-state index in [0.717, 1.165) is 6.54 Å². The average molecular weight is 268 g/mol. The van der Waals surface area contributed by atoms with Crippen LogP contribution in [0.4, 0.5) is 10.1 Å². The summed E-state index contributed by atoms with van der Waals surface area (Å²) >= 11 is 0. The molecule has 0 saturated carbocycles. The van der Waals surface area contributed by atoms with Crippen molar-refractivity contribution in [3.63, 3.8) is 0 Å². The number of rotatable bonds is 4. The van der Waals surface area contributed by atoms with E-state index < -0.39 is 5.82 Å². The maximum absolute atomic E-state index is 13.2. The van der Waals surface area contributed by atoms with Crippen LogP contribution in [0.1, 0.15) is 6.42 Å². The first-order valence-corrected chi connectivity index (χ1v) is 6.15. The van der Waals surface area contributed by atoms with Crippen molar-refractivity contribution in [2.45, 2.75) is 12.5 Å². The van der Waals surface area contributed by atoms with E-state index in [-0.39, 0.29) is 24.2 Å². The highest BCUT2D eigenvalue weighted by Gasteiger charge is 2.17. The molecule has 2 rings (SSSR count). The third-order valence-corrected chi connectivity index (χ3v) is 2.85. The number of anilines is 1. The molecule has 1 atom stereocenters. The average Bonchev–Trinajstić information content (AvgIpc) is 2.42. The van der Waals surface area contributed by atoms with Crippen LogP contribution in [0.5, 0.6) is 5.75 Å². The Morgan fingerprint density at radius 3 is 3.16 bits per heavy atom. The summed E-state index contributed by atoms with van der Waals surface area (Å²) in [6.07, 6.45) is 0.156. The lowest BCUT2D eigenvalue weighted by molar-refractivity contribution is -0.119. The topological polar surface area (TPSA) is 59.6 Å². The Morgan fingerprint density at radius 1 is 1.63 bits per heavy atom. The first-order valence-electron chi connectivity index (χ1n) is 6.15. The summed E-state index contributed by atoms with van der Waals surface area (Å²) in [7, 11) is 1.38. The molecule has 1 saturated heterocycles. The standard InChI is InChI=1S/C13H17FN2O3/c1-18-12-6-9(2-3-11(12)14)16-13(17)7-10-8-15-4-5-19-10/h2-3,6,10,15H,4-5,7-8H2,1H3,(H,16,17). The molecular weight excluding hydrogens is 251 g/mol. The van der Waals surface area contributed by atoms with Crippen LogP contribution < -0.4 is 15.4 Å². The highest BCUT2D eigenvalue weighted by atomic mass is 19.1. The normalized spacial score (nSPS) is 18.9. The second-order valence-corrected chi connectivity index (χ2v) is 4.30. The molecule has 0 aromatic heterocycles. The Bertz CT molecular complexity index is 448. The van der Waals surface area contributed by atoms with Gasteiger partial charge in [0.05, 0.1) is 26.2 Å². The van der Waals surface area contributed by atoms with Crippen molar-refractivity contribution in [3.05, 3.63) is 24.0 Å². The lowest BCUT2D eigenvalue weighted by atomic mass is 10.2. The summed E-state index contributed by atoms with van der Waals surface area (Å²) < 4.78 is 23.5. The Kier molecular flexibility index (Phi) is 4.70. The van der Waals surface area contributed by atoms with E-state index in [1.54, 1.807) is 0 Å². The fourth-order valence-electron chi connectivity index (χ4n) is 1.91. The summed E-state index contributed by atoms with van der Waals surface area (Å²) in [4.78, 5) is 11.8. The van der Waals surface area contributed by atoms with Crippen LogP contribution in [0.25, 0.3) is 0 Å². The zero-order valence-electron chi connectivity index (χ0n) is 10.7. The minimum absolute atomic E-state index is 0.105. The summed E-state index contributed by atoms with van der Waals surface area (Å²) in [6.45, 7) is 2.09. The quantitative estimate of drug-likeness (QED) is 0.860. The van der Waals surface area contributed by atoms with E-state index in [2.05, 4.69) is 10.6 Å². The predicted octanol–water partition coefficient (Wildman–Crippen LogP) is 1.15. The zero-order valence-corrected chi connectivity index (χ0v) is 10.7.